The van der Waals surface area contributed by atoms with Gasteiger partial charge in [0.15, 0.2) is 0 Å². The lowest BCUT2D eigenvalue weighted by Gasteiger charge is -2.20. The van der Waals surface area contributed by atoms with E-state index in [0.717, 1.165) is 39.6 Å². The van der Waals surface area contributed by atoms with Crippen molar-refractivity contribution in [3.63, 3.8) is 0 Å². The Bertz CT molecular complexity index is 610. The molecule has 1 aromatic carbocycles. The highest BCUT2D eigenvalue weighted by Crippen LogP contribution is 2.38. The Balaban J connectivity index is 2.53. The summed E-state index contributed by atoms with van der Waals surface area (Å²) in [6.07, 6.45) is 0. The summed E-state index contributed by atoms with van der Waals surface area (Å²) >= 11 is 3.48. The Hall–Kier alpha value is -1.46. The van der Waals surface area contributed by atoms with Gasteiger partial charge in [-0.2, -0.15) is 0 Å². The average molecular weight is 354 g/mol. The van der Waals surface area contributed by atoms with Gasteiger partial charge in [0.1, 0.15) is 23.0 Å². The first-order valence-corrected chi connectivity index (χ1v) is 7.61. The molecule has 0 spiro atoms. The molecular formula is C16H20BrNO3. The Labute approximate surface area is 133 Å². The quantitative estimate of drug-likeness (QED) is 0.850. The zero-order valence-corrected chi connectivity index (χ0v) is 14.3. The van der Waals surface area contributed by atoms with Crippen LogP contribution >= 0.6 is 15.9 Å². The van der Waals surface area contributed by atoms with E-state index in [1.807, 2.05) is 31.2 Å². The first-order valence-electron chi connectivity index (χ1n) is 6.81. The Morgan fingerprint density at radius 1 is 1.19 bits per heavy atom. The predicted molar refractivity (Wildman–Crippen MR) is 86.2 cm³/mol. The molecule has 0 saturated carbocycles. The first kappa shape index (κ1) is 15.9. The minimum Gasteiger partial charge on any atom is -0.496 e. The van der Waals surface area contributed by atoms with E-state index in [2.05, 4.69) is 28.2 Å². The van der Waals surface area contributed by atoms with E-state index in [1.165, 1.54) is 0 Å². The maximum absolute atomic E-state index is 5.79. The Morgan fingerprint density at radius 3 is 2.43 bits per heavy atom. The van der Waals surface area contributed by atoms with Gasteiger partial charge in [-0.15, -0.1) is 0 Å². The molecule has 0 aliphatic rings. The summed E-state index contributed by atoms with van der Waals surface area (Å²) in [5.41, 5.74) is 0.980. The van der Waals surface area contributed by atoms with Crippen molar-refractivity contribution >= 4 is 15.9 Å². The zero-order valence-electron chi connectivity index (χ0n) is 12.7. The number of furan rings is 1. The van der Waals surface area contributed by atoms with Gasteiger partial charge in [0.2, 0.25) is 0 Å². The van der Waals surface area contributed by atoms with Crippen molar-refractivity contribution in [2.75, 3.05) is 20.8 Å². The van der Waals surface area contributed by atoms with E-state index in [0.29, 0.717) is 0 Å². The van der Waals surface area contributed by atoms with Gasteiger partial charge in [0, 0.05) is 5.56 Å². The zero-order chi connectivity index (χ0) is 15.4. The smallest absolute Gasteiger partial charge is 0.133 e. The van der Waals surface area contributed by atoms with E-state index in [4.69, 9.17) is 13.9 Å². The third kappa shape index (κ3) is 3.41. The van der Waals surface area contributed by atoms with Crippen LogP contribution in [0.25, 0.3) is 0 Å². The summed E-state index contributed by atoms with van der Waals surface area (Å²) in [5, 5.41) is 3.43. The molecule has 0 amide bonds. The molecule has 2 aromatic rings. The highest BCUT2D eigenvalue weighted by molar-refractivity contribution is 9.10. The predicted octanol–water partition coefficient (Wildman–Crippen LogP) is 4.07. The number of halogens is 1. The van der Waals surface area contributed by atoms with Crippen molar-refractivity contribution in [2.24, 2.45) is 0 Å². The molecule has 1 heterocycles. The maximum atomic E-state index is 5.79. The molecule has 1 atom stereocenters. The second kappa shape index (κ2) is 7.00. The first-order chi connectivity index (χ1) is 10.1. The SMILES string of the molecule is CCNC(c1ccc(C)o1)c1cc(OC)c(Br)cc1OC. The summed E-state index contributed by atoms with van der Waals surface area (Å²) in [6.45, 7) is 4.81. The van der Waals surface area contributed by atoms with E-state index in [-0.39, 0.29) is 6.04 Å². The minimum atomic E-state index is -0.0827. The van der Waals surface area contributed by atoms with Crippen molar-refractivity contribution in [1.29, 1.82) is 0 Å². The number of hydrogen-bond acceptors (Lipinski definition) is 4. The third-order valence-corrected chi connectivity index (χ3v) is 3.89. The van der Waals surface area contributed by atoms with Gasteiger partial charge in [0.05, 0.1) is 24.7 Å². The molecule has 0 radical (unpaired) electrons. The number of nitrogens with one attached hydrogen (secondary N) is 1. The fourth-order valence-electron chi connectivity index (χ4n) is 2.29. The van der Waals surface area contributed by atoms with Crippen LogP contribution in [0.15, 0.2) is 33.2 Å². The lowest BCUT2D eigenvalue weighted by molar-refractivity contribution is 0.382. The third-order valence-electron chi connectivity index (χ3n) is 3.27. The van der Waals surface area contributed by atoms with Gasteiger partial charge in [-0.1, -0.05) is 6.92 Å². The molecule has 1 aromatic heterocycles. The number of hydrogen-bond donors (Lipinski definition) is 1. The maximum Gasteiger partial charge on any atom is 0.133 e. The monoisotopic (exact) mass is 353 g/mol. The van der Waals surface area contributed by atoms with Crippen molar-refractivity contribution in [2.45, 2.75) is 19.9 Å². The number of aryl methyl sites for hydroxylation is 1. The standard InChI is InChI=1S/C16H20BrNO3/c1-5-18-16(13-7-6-10(2)21-13)11-8-15(20-4)12(17)9-14(11)19-3/h6-9,16,18H,5H2,1-4H3. The van der Waals surface area contributed by atoms with Crippen LogP contribution in [0, 0.1) is 6.92 Å². The van der Waals surface area contributed by atoms with E-state index in [1.54, 1.807) is 14.2 Å². The van der Waals surface area contributed by atoms with Crippen molar-refractivity contribution < 1.29 is 13.9 Å². The van der Waals surface area contributed by atoms with Crippen LogP contribution in [0.5, 0.6) is 11.5 Å². The van der Waals surface area contributed by atoms with E-state index < -0.39 is 0 Å². The van der Waals surface area contributed by atoms with Crippen LogP contribution in [0.2, 0.25) is 0 Å². The van der Waals surface area contributed by atoms with Gasteiger partial charge in [-0.05, 0) is 53.7 Å². The molecule has 2 rings (SSSR count). The molecule has 4 nitrogen and oxygen atoms in total. The molecule has 5 heteroatoms. The van der Waals surface area contributed by atoms with Gasteiger partial charge in [-0.3, -0.25) is 0 Å². The number of benzene rings is 1. The molecule has 114 valence electrons. The summed E-state index contributed by atoms with van der Waals surface area (Å²) in [7, 11) is 3.31. The van der Waals surface area contributed by atoms with Gasteiger partial charge in [0.25, 0.3) is 0 Å². The normalized spacial score (nSPS) is 12.2. The lowest BCUT2D eigenvalue weighted by Crippen LogP contribution is -2.22. The van der Waals surface area contributed by atoms with E-state index in [9.17, 15) is 0 Å². The second-order valence-corrected chi connectivity index (χ2v) is 5.52. The van der Waals surface area contributed by atoms with Crippen LogP contribution in [0.3, 0.4) is 0 Å². The fourth-order valence-corrected chi connectivity index (χ4v) is 2.77. The molecule has 0 bridgehead atoms. The fraction of sp³-hybridized carbons (Fsp3) is 0.375. The summed E-state index contributed by atoms with van der Waals surface area (Å²) < 4.78 is 17.6. The molecular weight excluding hydrogens is 334 g/mol. The Morgan fingerprint density at radius 2 is 1.90 bits per heavy atom. The van der Waals surface area contributed by atoms with Crippen LogP contribution < -0.4 is 14.8 Å². The van der Waals surface area contributed by atoms with Crippen LogP contribution in [0.1, 0.15) is 30.0 Å². The summed E-state index contributed by atoms with van der Waals surface area (Å²) in [5.74, 6) is 3.28. The second-order valence-electron chi connectivity index (χ2n) is 4.67. The van der Waals surface area contributed by atoms with Crippen LogP contribution in [0.4, 0.5) is 0 Å². The van der Waals surface area contributed by atoms with Gasteiger partial charge < -0.3 is 19.2 Å². The van der Waals surface area contributed by atoms with Crippen molar-refractivity contribution in [1.82, 2.24) is 5.32 Å². The highest BCUT2D eigenvalue weighted by atomic mass is 79.9. The summed E-state index contributed by atoms with van der Waals surface area (Å²) in [6, 6.07) is 7.74. The molecule has 1 N–H and O–H groups in total. The average Bonchev–Trinajstić information content (AvgIpc) is 2.91. The molecule has 1 unspecified atom stereocenters. The van der Waals surface area contributed by atoms with Crippen LogP contribution in [-0.4, -0.2) is 20.8 Å². The summed E-state index contributed by atoms with van der Waals surface area (Å²) in [4.78, 5) is 0. The number of rotatable bonds is 6. The topological polar surface area (TPSA) is 43.6 Å². The van der Waals surface area contributed by atoms with Crippen molar-refractivity contribution in [3.05, 3.63) is 45.8 Å². The minimum absolute atomic E-state index is 0.0827. The molecule has 0 aliphatic heterocycles. The largest absolute Gasteiger partial charge is 0.496 e. The molecule has 0 fully saturated rings. The number of methoxy groups -OCH3 is 2. The van der Waals surface area contributed by atoms with Gasteiger partial charge >= 0.3 is 0 Å². The van der Waals surface area contributed by atoms with E-state index >= 15 is 0 Å². The molecule has 21 heavy (non-hydrogen) atoms. The van der Waals surface area contributed by atoms with Crippen LogP contribution in [-0.2, 0) is 0 Å². The number of ether oxygens (including phenoxy) is 2. The van der Waals surface area contributed by atoms with Crippen molar-refractivity contribution in [3.8, 4) is 11.5 Å². The van der Waals surface area contributed by atoms with Gasteiger partial charge in [-0.25, -0.2) is 0 Å². The molecule has 0 saturated heterocycles. The highest BCUT2D eigenvalue weighted by Gasteiger charge is 2.22. The molecule has 0 aliphatic carbocycles. The lowest BCUT2D eigenvalue weighted by atomic mass is 10.0. The Kier molecular flexibility index (Phi) is 5.31.